The number of aromatic nitrogens is 2. The number of esters is 1. The molecule has 0 spiro atoms. The first kappa shape index (κ1) is 21.0. The first-order valence-corrected chi connectivity index (χ1v) is 9.15. The van der Waals surface area contributed by atoms with Crippen molar-refractivity contribution in [2.24, 2.45) is 0 Å². The number of carbonyl (C=O) groups is 2. The van der Waals surface area contributed by atoms with E-state index in [-0.39, 0.29) is 23.0 Å². The third kappa shape index (κ3) is 4.63. The zero-order valence-electron chi connectivity index (χ0n) is 15.1. The lowest BCUT2D eigenvalue weighted by molar-refractivity contribution is 0.0473. The molecular formula is C20H14Cl2F2N2O3. The third-order valence-corrected chi connectivity index (χ3v) is 4.86. The van der Waals surface area contributed by atoms with Crippen LogP contribution in [0.3, 0.4) is 0 Å². The van der Waals surface area contributed by atoms with Gasteiger partial charge in [-0.1, -0.05) is 41.4 Å². The first-order valence-electron chi connectivity index (χ1n) is 8.39. The molecule has 0 aliphatic carbocycles. The predicted molar refractivity (Wildman–Crippen MR) is 103 cm³/mol. The molecule has 0 aliphatic heterocycles. The normalized spacial score (nSPS) is 10.8. The van der Waals surface area contributed by atoms with Crippen LogP contribution in [0.15, 0.2) is 42.5 Å². The number of halogens is 4. The van der Waals surface area contributed by atoms with Gasteiger partial charge in [0.05, 0.1) is 17.8 Å². The molecule has 0 amide bonds. The Morgan fingerprint density at radius 1 is 1.14 bits per heavy atom. The van der Waals surface area contributed by atoms with Crippen molar-refractivity contribution in [2.45, 2.75) is 13.5 Å². The molecule has 0 aliphatic rings. The summed E-state index contributed by atoms with van der Waals surface area (Å²) in [5, 5.41) is 4.74. The van der Waals surface area contributed by atoms with E-state index >= 15 is 0 Å². The molecule has 0 N–H and O–H groups in total. The number of aryl methyl sites for hydroxylation is 1. The SMILES string of the molecule is Cc1nn(Cc2ccccc2Cl)c(Cl)c1C(=O)OCC(=O)c1cc(F)ccc1F. The summed E-state index contributed by atoms with van der Waals surface area (Å²) in [6.07, 6.45) is 0. The highest BCUT2D eigenvalue weighted by atomic mass is 35.5. The maximum atomic E-state index is 13.7. The maximum Gasteiger partial charge on any atom is 0.343 e. The van der Waals surface area contributed by atoms with Gasteiger partial charge in [-0.3, -0.25) is 4.79 Å². The van der Waals surface area contributed by atoms with Crippen molar-refractivity contribution < 1.29 is 23.1 Å². The van der Waals surface area contributed by atoms with E-state index in [0.29, 0.717) is 5.02 Å². The Bertz CT molecular complexity index is 1100. The van der Waals surface area contributed by atoms with E-state index in [4.69, 9.17) is 27.9 Å². The van der Waals surface area contributed by atoms with Crippen LogP contribution in [0, 0.1) is 18.6 Å². The van der Waals surface area contributed by atoms with Gasteiger partial charge in [-0.15, -0.1) is 0 Å². The van der Waals surface area contributed by atoms with Crippen LogP contribution in [0.4, 0.5) is 8.78 Å². The Hall–Kier alpha value is -2.77. The van der Waals surface area contributed by atoms with Crippen LogP contribution in [0.5, 0.6) is 0 Å². The molecule has 0 bridgehead atoms. The molecular weight excluding hydrogens is 425 g/mol. The van der Waals surface area contributed by atoms with Gasteiger partial charge in [0.2, 0.25) is 5.78 Å². The zero-order chi connectivity index (χ0) is 21.1. The third-order valence-electron chi connectivity index (χ3n) is 4.11. The lowest BCUT2D eigenvalue weighted by Crippen LogP contribution is -2.16. The second kappa shape index (κ2) is 8.71. The van der Waals surface area contributed by atoms with Crippen molar-refractivity contribution in [2.75, 3.05) is 6.61 Å². The lowest BCUT2D eigenvalue weighted by atomic mass is 10.1. The lowest BCUT2D eigenvalue weighted by Gasteiger charge is -2.07. The van der Waals surface area contributed by atoms with Crippen molar-refractivity contribution in [3.05, 3.63) is 86.7 Å². The molecule has 0 atom stereocenters. The van der Waals surface area contributed by atoms with E-state index in [1.54, 1.807) is 31.2 Å². The van der Waals surface area contributed by atoms with E-state index in [9.17, 15) is 18.4 Å². The maximum absolute atomic E-state index is 13.7. The first-order chi connectivity index (χ1) is 13.8. The monoisotopic (exact) mass is 438 g/mol. The van der Waals surface area contributed by atoms with Gasteiger partial charge in [0, 0.05) is 5.02 Å². The number of benzene rings is 2. The minimum absolute atomic E-state index is 0.0109. The minimum Gasteiger partial charge on any atom is -0.454 e. The zero-order valence-corrected chi connectivity index (χ0v) is 16.6. The molecule has 0 saturated carbocycles. The summed E-state index contributed by atoms with van der Waals surface area (Å²) in [7, 11) is 0. The Labute approximate surface area is 174 Å². The second-order valence-corrected chi connectivity index (χ2v) is 6.89. The fourth-order valence-electron chi connectivity index (χ4n) is 2.67. The number of hydrogen-bond acceptors (Lipinski definition) is 4. The van der Waals surface area contributed by atoms with Gasteiger partial charge in [-0.2, -0.15) is 5.10 Å². The van der Waals surface area contributed by atoms with Crippen molar-refractivity contribution in [3.8, 4) is 0 Å². The molecule has 150 valence electrons. The van der Waals surface area contributed by atoms with Gasteiger partial charge < -0.3 is 4.74 Å². The Balaban J connectivity index is 1.74. The topological polar surface area (TPSA) is 61.2 Å². The number of rotatable bonds is 6. The van der Waals surface area contributed by atoms with Gasteiger partial charge in [-0.05, 0) is 36.8 Å². The average Bonchev–Trinajstić information content (AvgIpc) is 2.96. The summed E-state index contributed by atoms with van der Waals surface area (Å²) in [4.78, 5) is 24.5. The van der Waals surface area contributed by atoms with Gasteiger partial charge in [0.1, 0.15) is 22.4 Å². The molecule has 2 aromatic carbocycles. The highest BCUT2D eigenvalue weighted by Gasteiger charge is 2.23. The molecule has 5 nitrogen and oxygen atoms in total. The fourth-order valence-corrected chi connectivity index (χ4v) is 3.18. The van der Waals surface area contributed by atoms with Crippen LogP contribution < -0.4 is 0 Å². The van der Waals surface area contributed by atoms with E-state index < -0.39 is 35.6 Å². The molecule has 3 aromatic rings. The average molecular weight is 439 g/mol. The summed E-state index contributed by atoms with van der Waals surface area (Å²) < 4.78 is 33.2. The van der Waals surface area contributed by atoms with E-state index in [0.717, 1.165) is 23.8 Å². The largest absolute Gasteiger partial charge is 0.454 e. The fraction of sp³-hybridized carbons (Fsp3) is 0.150. The van der Waals surface area contributed by atoms with Gasteiger partial charge >= 0.3 is 5.97 Å². The minimum atomic E-state index is -0.908. The van der Waals surface area contributed by atoms with Crippen LogP contribution in [0.2, 0.25) is 10.2 Å². The molecule has 9 heteroatoms. The molecule has 29 heavy (non-hydrogen) atoms. The summed E-state index contributed by atoms with van der Waals surface area (Å²) in [6, 6.07) is 9.54. The van der Waals surface area contributed by atoms with Crippen LogP contribution in [-0.2, 0) is 11.3 Å². The number of hydrogen-bond donors (Lipinski definition) is 0. The van der Waals surface area contributed by atoms with Gasteiger partial charge in [0.15, 0.2) is 6.61 Å². The standard InChI is InChI=1S/C20H14Cl2F2N2O3/c1-11-18(19(22)26(25-11)9-12-4-2-3-5-15(12)21)20(28)29-10-17(27)14-8-13(23)6-7-16(14)24/h2-8H,9-10H2,1H3. The molecule has 0 unspecified atom stereocenters. The number of nitrogens with zero attached hydrogens (tertiary/aromatic N) is 2. The van der Waals surface area contributed by atoms with E-state index in [2.05, 4.69) is 5.10 Å². The van der Waals surface area contributed by atoms with Crippen molar-refractivity contribution >= 4 is 35.0 Å². The molecule has 1 heterocycles. The Kier molecular flexibility index (Phi) is 6.30. The highest BCUT2D eigenvalue weighted by molar-refractivity contribution is 6.33. The summed E-state index contributed by atoms with van der Waals surface area (Å²) in [6.45, 7) is 1.00. The summed E-state index contributed by atoms with van der Waals surface area (Å²) in [5.41, 5.74) is 0.507. The Morgan fingerprint density at radius 3 is 2.59 bits per heavy atom. The van der Waals surface area contributed by atoms with Crippen molar-refractivity contribution in [1.82, 2.24) is 9.78 Å². The predicted octanol–water partition coefficient (Wildman–Crippen LogP) is 4.86. The van der Waals surface area contributed by atoms with Gasteiger partial charge in [0.25, 0.3) is 0 Å². The molecule has 3 rings (SSSR count). The quantitative estimate of drug-likeness (QED) is 0.407. The molecule has 0 fully saturated rings. The van der Waals surface area contributed by atoms with E-state index in [1.807, 2.05) is 0 Å². The summed E-state index contributed by atoms with van der Waals surface area (Å²) >= 11 is 12.4. The van der Waals surface area contributed by atoms with Gasteiger partial charge in [-0.25, -0.2) is 18.3 Å². The number of ketones is 1. The number of ether oxygens (including phenoxy) is 1. The second-order valence-electron chi connectivity index (χ2n) is 6.12. The van der Waals surface area contributed by atoms with Crippen LogP contribution in [0.1, 0.15) is 32.0 Å². The van der Waals surface area contributed by atoms with E-state index in [1.165, 1.54) is 4.68 Å². The molecule has 0 radical (unpaired) electrons. The smallest absolute Gasteiger partial charge is 0.343 e. The Morgan fingerprint density at radius 2 is 1.86 bits per heavy atom. The van der Waals surface area contributed by atoms with Crippen LogP contribution >= 0.6 is 23.2 Å². The molecule has 1 aromatic heterocycles. The number of carbonyl (C=O) groups excluding carboxylic acids is 2. The van der Waals surface area contributed by atoms with Crippen LogP contribution in [-0.4, -0.2) is 28.1 Å². The van der Waals surface area contributed by atoms with Crippen molar-refractivity contribution in [1.29, 1.82) is 0 Å². The van der Waals surface area contributed by atoms with Crippen LogP contribution in [0.25, 0.3) is 0 Å². The number of Topliss-reactive ketones (excluding diaryl/α,β-unsaturated/α-hetero) is 1. The summed E-state index contributed by atoms with van der Waals surface area (Å²) in [5.74, 6) is -3.47. The van der Waals surface area contributed by atoms with Crippen molar-refractivity contribution in [3.63, 3.8) is 0 Å². The highest BCUT2D eigenvalue weighted by Crippen LogP contribution is 2.24. The molecule has 0 saturated heterocycles.